The highest BCUT2D eigenvalue weighted by Crippen LogP contribution is 2.36. The number of halogens is 2. The highest BCUT2D eigenvalue weighted by Gasteiger charge is 2.40. The van der Waals surface area contributed by atoms with E-state index in [1.807, 2.05) is 17.0 Å². The second-order valence-corrected chi connectivity index (χ2v) is 8.07. The van der Waals surface area contributed by atoms with Gasteiger partial charge in [-0.2, -0.15) is 0 Å². The van der Waals surface area contributed by atoms with Gasteiger partial charge in [-0.3, -0.25) is 24.3 Å². The number of ether oxygens (including phenoxy) is 1. The molecule has 2 aromatic rings. The number of carbonyl (C=O) groups excluding carboxylic acids is 2. The molecule has 1 amide bonds. The first-order chi connectivity index (χ1) is 14.4. The molecule has 30 heavy (non-hydrogen) atoms. The first kappa shape index (κ1) is 20.8. The van der Waals surface area contributed by atoms with Gasteiger partial charge in [0, 0.05) is 38.3 Å². The van der Waals surface area contributed by atoms with Gasteiger partial charge >= 0.3 is 5.91 Å². The fourth-order valence-electron chi connectivity index (χ4n) is 4.05. The molecule has 2 aliphatic heterocycles. The third-order valence-corrected chi connectivity index (χ3v) is 5.97. The predicted molar refractivity (Wildman–Crippen MR) is 113 cm³/mol. The molecule has 4 rings (SSSR count). The molecule has 2 aliphatic rings. The van der Waals surface area contributed by atoms with Crippen molar-refractivity contribution in [2.45, 2.75) is 13.5 Å². The average molecular weight is 432 g/mol. The van der Waals surface area contributed by atoms with Crippen LogP contribution in [0.1, 0.15) is 21.5 Å². The summed E-state index contributed by atoms with van der Waals surface area (Å²) in [4.78, 5) is 30.3. The number of fused-ring (bicyclic) bond motifs is 1. The van der Waals surface area contributed by atoms with Crippen molar-refractivity contribution in [1.82, 2.24) is 9.80 Å². The molecule has 1 saturated heterocycles. The molecule has 2 aromatic carbocycles. The van der Waals surface area contributed by atoms with E-state index in [9.17, 15) is 14.0 Å². The molecular formula is C22H23ClFN3O3. The number of rotatable bonds is 5. The molecular weight excluding hydrogens is 409 g/mol. The summed E-state index contributed by atoms with van der Waals surface area (Å²) in [5.74, 6) is -1.23. The molecule has 0 aliphatic carbocycles. The van der Waals surface area contributed by atoms with Crippen LogP contribution in [-0.2, 0) is 11.3 Å². The van der Waals surface area contributed by atoms with Crippen LogP contribution in [0, 0.1) is 12.7 Å². The zero-order valence-electron chi connectivity index (χ0n) is 17.0. The lowest BCUT2D eigenvalue weighted by Crippen LogP contribution is -2.50. The average Bonchev–Trinajstić information content (AvgIpc) is 2.98. The third-order valence-electron chi connectivity index (χ3n) is 5.65. The molecule has 0 aromatic heterocycles. The first-order valence-corrected chi connectivity index (χ1v) is 10.2. The Labute approximate surface area is 179 Å². The SMILES string of the molecule is COc1ccc(C)cc1CN1CCN(CN2C(=O)C(=O)c3c(Cl)ccc(F)c32)CC1. The lowest BCUT2D eigenvalue weighted by Gasteiger charge is -2.36. The van der Waals surface area contributed by atoms with Gasteiger partial charge in [-0.05, 0) is 25.1 Å². The summed E-state index contributed by atoms with van der Waals surface area (Å²) in [6.45, 7) is 5.96. The van der Waals surface area contributed by atoms with Crippen LogP contribution in [0.25, 0.3) is 0 Å². The Morgan fingerprint density at radius 2 is 1.77 bits per heavy atom. The number of hydrogen-bond acceptors (Lipinski definition) is 5. The lowest BCUT2D eigenvalue weighted by molar-refractivity contribution is -0.114. The minimum atomic E-state index is -0.750. The molecule has 158 valence electrons. The highest BCUT2D eigenvalue weighted by molar-refractivity contribution is 6.55. The maximum atomic E-state index is 14.4. The number of carbonyl (C=O) groups is 2. The Kier molecular flexibility index (Phi) is 5.77. The van der Waals surface area contributed by atoms with Gasteiger partial charge in [-0.25, -0.2) is 4.39 Å². The maximum Gasteiger partial charge on any atom is 0.300 e. The predicted octanol–water partition coefficient (Wildman–Crippen LogP) is 3.10. The van der Waals surface area contributed by atoms with E-state index < -0.39 is 17.5 Å². The van der Waals surface area contributed by atoms with Gasteiger partial charge in [0.25, 0.3) is 5.78 Å². The number of benzene rings is 2. The Bertz CT molecular complexity index is 1010. The Hall–Kier alpha value is -2.48. The molecule has 1 fully saturated rings. The Balaban J connectivity index is 1.42. The van der Waals surface area contributed by atoms with Gasteiger partial charge in [-0.1, -0.05) is 29.3 Å². The summed E-state index contributed by atoms with van der Waals surface area (Å²) in [6, 6.07) is 8.63. The highest BCUT2D eigenvalue weighted by atomic mass is 35.5. The van der Waals surface area contributed by atoms with Gasteiger partial charge < -0.3 is 4.74 Å². The summed E-state index contributed by atoms with van der Waals surface area (Å²) in [5.41, 5.74) is 2.27. The van der Waals surface area contributed by atoms with Crippen molar-refractivity contribution >= 4 is 29.0 Å². The smallest absolute Gasteiger partial charge is 0.300 e. The lowest BCUT2D eigenvalue weighted by atomic mass is 10.1. The van der Waals surface area contributed by atoms with E-state index in [0.29, 0.717) is 13.1 Å². The minimum Gasteiger partial charge on any atom is -0.496 e. The van der Waals surface area contributed by atoms with Gasteiger partial charge in [0.05, 0.1) is 30.1 Å². The van der Waals surface area contributed by atoms with Gasteiger partial charge in [0.1, 0.15) is 11.6 Å². The standard InChI is InChI=1S/C22H23ClFN3O3/c1-14-3-6-18(30-2)15(11-14)12-25-7-9-26(10-8-25)13-27-20-17(24)5-4-16(23)19(20)21(28)22(27)29/h3-6,11H,7-10,12-13H2,1-2H3. The maximum absolute atomic E-state index is 14.4. The molecule has 0 atom stereocenters. The summed E-state index contributed by atoms with van der Waals surface area (Å²) in [7, 11) is 1.67. The van der Waals surface area contributed by atoms with Crippen molar-refractivity contribution in [2.24, 2.45) is 0 Å². The normalized spacial score (nSPS) is 17.5. The minimum absolute atomic E-state index is 0.00979. The van der Waals surface area contributed by atoms with E-state index >= 15 is 0 Å². The van der Waals surface area contributed by atoms with E-state index in [2.05, 4.69) is 17.9 Å². The first-order valence-electron chi connectivity index (χ1n) is 9.81. The van der Waals surface area contributed by atoms with Crippen LogP contribution in [0.2, 0.25) is 5.02 Å². The van der Waals surface area contributed by atoms with Crippen LogP contribution in [0.5, 0.6) is 5.75 Å². The summed E-state index contributed by atoms with van der Waals surface area (Å²) >= 11 is 6.04. The van der Waals surface area contributed by atoms with Crippen molar-refractivity contribution in [1.29, 1.82) is 0 Å². The monoisotopic (exact) mass is 431 g/mol. The number of ketones is 1. The van der Waals surface area contributed by atoms with Crippen molar-refractivity contribution in [3.05, 3.63) is 57.9 Å². The zero-order chi connectivity index (χ0) is 21.4. The van der Waals surface area contributed by atoms with Crippen LogP contribution in [0.4, 0.5) is 10.1 Å². The topological polar surface area (TPSA) is 53.1 Å². The largest absolute Gasteiger partial charge is 0.496 e. The molecule has 0 saturated carbocycles. The zero-order valence-corrected chi connectivity index (χ0v) is 17.7. The Morgan fingerprint density at radius 3 is 2.47 bits per heavy atom. The summed E-state index contributed by atoms with van der Waals surface area (Å²) < 4.78 is 19.9. The fraction of sp³-hybridized carbons (Fsp3) is 0.364. The molecule has 0 bridgehead atoms. The van der Waals surface area contributed by atoms with E-state index in [-0.39, 0.29) is 22.9 Å². The number of hydrogen-bond donors (Lipinski definition) is 0. The van der Waals surface area contributed by atoms with Crippen LogP contribution >= 0.6 is 11.6 Å². The number of Topliss-reactive ketones (excluding diaryl/α,β-unsaturated/α-hetero) is 1. The molecule has 0 spiro atoms. The Morgan fingerprint density at radius 1 is 1.07 bits per heavy atom. The second-order valence-electron chi connectivity index (χ2n) is 7.67. The second kappa shape index (κ2) is 8.34. The number of anilines is 1. The van der Waals surface area contributed by atoms with Crippen molar-refractivity contribution in [3.63, 3.8) is 0 Å². The third kappa shape index (κ3) is 3.80. The van der Waals surface area contributed by atoms with Gasteiger partial charge in [0.2, 0.25) is 0 Å². The van der Waals surface area contributed by atoms with Crippen molar-refractivity contribution in [2.75, 3.05) is 44.9 Å². The number of methoxy groups -OCH3 is 1. The molecule has 0 radical (unpaired) electrons. The summed E-state index contributed by atoms with van der Waals surface area (Å²) in [5, 5.41) is 0.101. The number of nitrogens with zero attached hydrogens (tertiary/aromatic N) is 3. The number of amides is 1. The fourth-order valence-corrected chi connectivity index (χ4v) is 4.29. The summed E-state index contributed by atoms with van der Waals surface area (Å²) in [6.07, 6.45) is 0. The molecule has 8 heteroatoms. The quantitative estimate of drug-likeness (QED) is 0.681. The van der Waals surface area contributed by atoms with Crippen LogP contribution in [0.15, 0.2) is 30.3 Å². The van der Waals surface area contributed by atoms with Gasteiger partial charge in [0.15, 0.2) is 0 Å². The molecule has 0 unspecified atom stereocenters. The molecule has 2 heterocycles. The molecule has 6 nitrogen and oxygen atoms in total. The molecule has 0 N–H and O–H groups in total. The van der Waals surface area contributed by atoms with Crippen LogP contribution in [0.3, 0.4) is 0 Å². The van der Waals surface area contributed by atoms with Crippen molar-refractivity contribution < 1.29 is 18.7 Å². The number of piperazine rings is 1. The van der Waals surface area contributed by atoms with E-state index in [1.54, 1.807) is 7.11 Å². The number of aryl methyl sites for hydroxylation is 1. The van der Waals surface area contributed by atoms with Crippen LogP contribution < -0.4 is 9.64 Å². The van der Waals surface area contributed by atoms with Crippen LogP contribution in [-0.4, -0.2) is 61.4 Å². The van der Waals surface area contributed by atoms with E-state index in [4.69, 9.17) is 16.3 Å². The van der Waals surface area contributed by atoms with E-state index in [0.717, 1.165) is 30.9 Å². The van der Waals surface area contributed by atoms with Gasteiger partial charge in [-0.15, -0.1) is 0 Å². The van der Waals surface area contributed by atoms with E-state index in [1.165, 1.54) is 22.6 Å². The van der Waals surface area contributed by atoms with Crippen molar-refractivity contribution in [3.8, 4) is 5.75 Å².